The van der Waals surface area contributed by atoms with Crippen LogP contribution in [0.4, 0.5) is 10.5 Å². The van der Waals surface area contributed by atoms with Crippen molar-refractivity contribution in [1.29, 1.82) is 0 Å². The van der Waals surface area contributed by atoms with E-state index in [1.807, 2.05) is 42.5 Å². The second kappa shape index (κ2) is 7.59. The van der Waals surface area contributed by atoms with Crippen molar-refractivity contribution >= 4 is 11.7 Å². The third-order valence-corrected chi connectivity index (χ3v) is 3.67. The summed E-state index contributed by atoms with van der Waals surface area (Å²) in [4.78, 5) is 16.4. The van der Waals surface area contributed by atoms with Crippen LogP contribution in [0.3, 0.4) is 0 Å². The van der Waals surface area contributed by atoms with E-state index in [0.717, 1.165) is 11.1 Å². The fraction of sp³-hybridized carbons (Fsp3) is 0.167. The van der Waals surface area contributed by atoms with E-state index in [4.69, 9.17) is 0 Å². The van der Waals surface area contributed by atoms with Gasteiger partial charge in [0.2, 0.25) is 0 Å². The molecule has 128 valence electrons. The maximum Gasteiger partial charge on any atom is 0.319 e. The lowest BCUT2D eigenvalue weighted by molar-refractivity contribution is 0.225. The first kappa shape index (κ1) is 16.7. The van der Waals surface area contributed by atoms with E-state index in [1.54, 1.807) is 30.2 Å². The molecule has 0 saturated heterocycles. The lowest BCUT2D eigenvalue weighted by Gasteiger charge is -2.17. The number of aliphatic hydroxyl groups excluding tert-OH is 1. The maximum absolute atomic E-state index is 12.2. The Morgan fingerprint density at radius 1 is 1.20 bits per heavy atom. The van der Waals surface area contributed by atoms with Gasteiger partial charge in [0.1, 0.15) is 6.33 Å². The average Bonchev–Trinajstić information content (AvgIpc) is 3.07. The van der Waals surface area contributed by atoms with E-state index in [-0.39, 0.29) is 6.61 Å². The highest BCUT2D eigenvalue weighted by molar-refractivity contribution is 5.90. The van der Waals surface area contributed by atoms with Gasteiger partial charge >= 0.3 is 6.03 Å². The summed E-state index contributed by atoms with van der Waals surface area (Å²) < 4.78 is 1.62. The Labute approximate surface area is 145 Å². The number of nitrogens with zero attached hydrogens (tertiary/aromatic N) is 3. The van der Waals surface area contributed by atoms with Gasteiger partial charge in [-0.2, -0.15) is 5.10 Å². The molecule has 0 aliphatic rings. The molecule has 0 bridgehead atoms. The van der Waals surface area contributed by atoms with Crippen LogP contribution in [0, 0.1) is 0 Å². The lowest BCUT2D eigenvalue weighted by atomic mass is 10.1. The maximum atomic E-state index is 12.2. The number of aliphatic hydroxyl groups is 1. The molecule has 0 aliphatic heterocycles. The molecule has 2 amide bonds. The topological polar surface area (TPSA) is 92.1 Å². The van der Waals surface area contributed by atoms with Crippen molar-refractivity contribution in [3.8, 4) is 11.4 Å². The zero-order chi connectivity index (χ0) is 17.6. The molecule has 0 fully saturated rings. The summed E-state index contributed by atoms with van der Waals surface area (Å²) in [7, 11) is 1.80. The van der Waals surface area contributed by atoms with Crippen molar-refractivity contribution in [3.63, 3.8) is 0 Å². The zero-order valence-corrected chi connectivity index (χ0v) is 13.8. The van der Waals surface area contributed by atoms with Crippen molar-refractivity contribution < 1.29 is 9.90 Å². The number of anilines is 1. The van der Waals surface area contributed by atoms with Crippen LogP contribution in [0.1, 0.15) is 11.6 Å². The van der Waals surface area contributed by atoms with Gasteiger partial charge in [0.05, 0.1) is 12.6 Å². The quantitative estimate of drug-likeness (QED) is 0.666. The first-order chi connectivity index (χ1) is 12.2. The van der Waals surface area contributed by atoms with E-state index in [9.17, 15) is 9.90 Å². The summed E-state index contributed by atoms with van der Waals surface area (Å²) in [5.74, 6) is 0.587. The van der Waals surface area contributed by atoms with Gasteiger partial charge in [0.25, 0.3) is 0 Å². The van der Waals surface area contributed by atoms with Crippen molar-refractivity contribution in [1.82, 2.24) is 20.1 Å². The largest absolute Gasteiger partial charge is 0.394 e. The Bertz CT molecular complexity index is 847. The van der Waals surface area contributed by atoms with Crippen LogP contribution in [-0.4, -0.2) is 32.5 Å². The van der Waals surface area contributed by atoms with Gasteiger partial charge in [-0.05, 0) is 17.7 Å². The Hall–Kier alpha value is -3.19. The molecule has 25 heavy (non-hydrogen) atoms. The smallest absolute Gasteiger partial charge is 0.319 e. The van der Waals surface area contributed by atoms with Crippen molar-refractivity contribution in [2.75, 3.05) is 11.9 Å². The van der Waals surface area contributed by atoms with Gasteiger partial charge in [-0.1, -0.05) is 42.5 Å². The van der Waals surface area contributed by atoms with Crippen molar-refractivity contribution in [2.24, 2.45) is 7.05 Å². The van der Waals surface area contributed by atoms with Crippen LogP contribution in [-0.2, 0) is 7.05 Å². The number of aromatic nitrogens is 3. The van der Waals surface area contributed by atoms with E-state index >= 15 is 0 Å². The van der Waals surface area contributed by atoms with Crippen LogP contribution in [0.2, 0.25) is 0 Å². The normalized spacial score (nSPS) is 11.8. The highest BCUT2D eigenvalue weighted by atomic mass is 16.3. The van der Waals surface area contributed by atoms with Crippen LogP contribution in [0.15, 0.2) is 60.9 Å². The molecule has 1 atom stereocenters. The summed E-state index contributed by atoms with van der Waals surface area (Å²) >= 11 is 0. The van der Waals surface area contributed by atoms with Gasteiger partial charge in [-0.25, -0.2) is 9.78 Å². The molecule has 0 unspecified atom stereocenters. The Morgan fingerprint density at radius 3 is 2.68 bits per heavy atom. The Balaban J connectivity index is 1.68. The first-order valence-corrected chi connectivity index (χ1v) is 7.85. The fourth-order valence-corrected chi connectivity index (χ4v) is 2.45. The van der Waals surface area contributed by atoms with Gasteiger partial charge < -0.3 is 15.7 Å². The number of aryl methyl sites for hydroxylation is 1. The van der Waals surface area contributed by atoms with Crippen LogP contribution >= 0.6 is 0 Å². The van der Waals surface area contributed by atoms with E-state index in [1.165, 1.54) is 0 Å². The summed E-state index contributed by atoms with van der Waals surface area (Å²) in [6.07, 6.45) is 1.62. The predicted octanol–water partition coefficient (Wildman–Crippen LogP) is 2.34. The summed E-state index contributed by atoms with van der Waals surface area (Å²) in [5.41, 5.74) is 2.26. The molecule has 3 N–H and O–H groups in total. The minimum atomic E-state index is -0.471. The van der Waals surface area contributed by atoms with E-state index in [0.29, 0.717) is 11.5 Å². The number of nitrogens with one attached hydrogen (secondary N) is 2. The number of rotatable bonds is 5. The molecule has 3 rings (SSSR count). The molecule has 0 saturated carbocycles. The third kappa shape index (κ3) is 4.21. The van der Waals surface area contributed by atoms with E-state index < -0.39 is 12.1 Å². The van der Waals surface area contributed by atoms with Gasteiger partial charge in [0, 0.05) is 18.3 Å². The first-order valence-electron chi connectivity index (χ1n) is 7.85. The summed E-state index contributed by atoms with van der Waals surface area (Å²) in [5, 5.41) is 19.3. The molecule has 0 spiro atoms. The third-order valence-electron chi connectivity index (χ3n) is 3.67. The Kier molecular flexibility index (Phi) is 5.06. The highest BCUT2D eigenvalue weighted by Gasteiger charge is 2.13. The standard InChI is InChI=1S/C18H19N5O2/c1-23-12-19-17(22-23)14-8-5-9-15(10-14)20-18(25)21-16(11-24)13-6-3-2-4-7-13/h2-10,12,16,24H,11H2,1H3,(H2,20,21,25)/t16-/m0/s1. The number of benzene rings is 2. The molecular weight excluding hydrogens is 318 g/mol. The van der Waals surface area contributed by atoms with E-state index in [2.05, 4.69) is 20.7 Å². The summed E-state index contributed by atoms with van der Waals surface area (Å²) in [6, 6.07) is 15.7. The molecule has 7 nitrogen and oxygen atoms in total. The summed E-state index contributed by atoms with van der Waals surface area (Å²) in [6.45, 7) is -0.185. The van der Waals surface area contributed by atoms with Crippen LogP contribution in [0.5, 0.6) is 0 Å². The second-order valence-corrected chi connectivity index (χ2v) is 5.57. The molecule has 0 radical (unpaired) electrons. The highest BCUT2D eigenvalue weighted by Crippen LogP contribution is 2.19. The molecule has 7 heteroatoms. The zero-order valence-electron chi connectivity index (χ0n) is 13.8. The predicted molar refractivity (Wildman–Crippen MR) is 94.9 cm³/mol. The Morgan fingerprint density at radius 2 is 2.00 bits per heavy atom. The monoisotopic (exact) mass is 337 g/mol. The molecule has 0 aliphatic carbocycles. The number of carbonyl (C=O) groups excluding carboxylic acids is 1. The molecular formula is C18H19N5O2. The molecule has 1 heterocycles. The van der Waals surface area contributed by atoms with Gasteiger partial charge in [0.15, 0.2) is 5.82 Å². The fourth-order valence-electron chi connectivity index (χ4n) is 2.45. The number of urea groups is 1. The van der Waals surface area contributed by atoms with Crippen molar-refractivity contribution in [3.05, 3.63) is 66.5 Å². The number of hydrogen-bond donors (Lipinski definition) is 3. The van der Waals surface area contributed by atoms with Crippen molar-refractivity contribution in [2.45, 2.75) is 6.04 Å². The van der Waals surface area contributed by atoms with Gasteiger partial charge in [-0.3, -0.25) is 4.68 Å². The number of carbonyl (C=O) groups is 1. The van der Waals surface area contributed by atoms with Crippen LogP contribution < -0.4 is 10.6 Å². The lowest BCUT2D eigenvalue weighted by Crippen LogP contribution is -2.34. The minimum absolute atomic E-state index is 0.185. The number of amides is 2. The average molecular weight is 337 g/mol. The molecule has 1 aromatic heterocycles. The number of hydrogen-bond acceptors (Lipinski definition) is 4. The molecule has 3 aromatic rings. The minimum Gasteiger partial charge on any atom is -0.394 e. The van der Waals surface area contributed by atoms with Gasteiger partial charge in [-0.15, -0.1) is 0 Å². The second-order valence-electron chi connectivity index (χ2n) is 5.57. The van der Waals surface area contributed by atoms with Crippen LogP contribution in [0.25, 0.3) is 11.4 Å². The molecule has 2 aromatic carbocycles. The SMILES string of the molecule is Cn1cnc(-c2cccc(NC(=O)N[C@@H](CO)c3ccccc3)c2)n1.